The molecule has 1 N–H and O–H groups in total. The molecule has 0 aliphatic heterocycles. The quantitative estimate of drug-likeness (QED) is 0.743. The number of nitrogens with one attached hydrogen (secondary N) is 1. The number of rotatable bonds is 8. The summed E-state index contributed by atoms with van der Waals surface area (Å²) in [6.07, 6.45) is 0.782. The van der Waals surface area contributed by atoms with Gasteiger partial charge in [-0.15, -0.1) is 0 Å². The van der Waals surface area contributed by atoms with Crippen LogP contribution in [0.2, 0.25) is 0 Å². The molecule has 132 valence electrons. The second-order valence-corrected chi connectivity index (χ2v) is 5.75. The van der Waals surface area contributed by atoms with Gasteiger partial charge in [0.1, 0.15) is 6.61 Å². The van der Waals surface area contributed by atoms with Crippen LogP contribution in [0.1, 0.15) is 34.8 Å². The van der Waals surface area contributed by atoms with Crippen molar-refractivity contribution in [2.75, 3.05) is 18.5 Å². The summed E-state index contributed by atoms with van der Waals surface area (Å²) in [5.74, 6) is -0.565. The van der Waals surface area contributed by atoms with Gasteiger partial charge in [-0.1, -0.05) is 31.2 Å². The fraction of sp³-hybridized carbons (Fsp3) is 0.300. The van der Waals surface area contributed by atoms with E-state index in [9.17, 15) is 9.59 Å². The van der Waals surface area contributed by atoms with Crippen molar-refractivity contribution in [3.63, 3.8) is 0 Å². The van der Waals surface area contributed by atoms with Gasteiger partial charge in [-0.05, 0) is 48.7 Å². The van der Waals surface area contributed by atoms with E-state index in [1.54, 1.807) is 18.2 Å². The van der Waals surface area contributed by atoms with Crippen LogP contribution in [0.4, 0.5) is 5.69 Å². The Hall–Kier alpha value is -2.66. The summed E-state index contributed by atoms with van der Waals surface area (Å²) < 4.78 is 10.5. The molecule has 1 amide bonds. The third-order valence-electron chi connectivity index (χ3n) is 3.40. The van der Waals surface area contributed by atoms with E-state index < -0.39 is 0 Å². The first kappa shape index (κ1) is 18.7. The molecular weight excluding hydrogens is 318 g/mol. The van der Waals surface area contributed by atoms with Gasteiger partial charge in [0, 0.05) is 5.69 Å². The van der Waals surface area contributed by atoms with Crippen molar-refractivity contribution in [3.05, 3.63) is 65.2 Å². The number of benzene rings is 2. The Balaban J connectivity index is 1.81. The van der Waals surface area contributed by atoms with Crippen LogP contribution in [0, 0.1) is 6.92 Å². The van der Waals surface area contributed by atoms with E-state index in [4.69, 9.17) is 9.47 Å². The molecule has 0 saturated heterocycles. The molecule has 0 aromatic heterocycles. The molecule has 0 radical (unpaired) electrons. The number of hydrogen-bond donors (Lipinski definition) is 1. The minimum absolute atomic E-state index is 0.0571. The molecule has 2 aromatic rings. The average Bonchev–Trinajstić information content (AvgIpc) is 2.60. The van der Waals surface area contributed by atoms with Gasteiger partial charge >= 0.3 is 5.97 Å². The predicted molar refractivity (Wildman–Crippen MR) is 96.5 cm³/mol. The molecule has 2 aromatic carbocycles. The number of aryl methyl sites for hydroxylation is 1. The third-order valence-corrected chi connectivity index (χ3v) is 3.40. The van der Waals surface area contributed by atoms with Crippen LogP contribution in [0.25, 0.3) is 0 Å². The molecule has 5 nitrogen and oxygen atoms in total. The van der Waals surface area contributed by atoms with Gasteiger partial charge in [0.05, 0.1) is 18.8 Å². The summed E-state index contributed by atoms with van der Waals surface area (Å²) >= 11 is 0. The first-order valence-corrected chi connectivity index (χ1v) is 8.29. The summed E-state index contributed by atoms with van der Waals surface area (Å²) in [4.78, 5) is 23.7. The lowest BCUT2D eigenvalue weighted by Crippen LogP contribution is -2.18. The fourth-order valence-electron chi connectivity index (χ4n) is 2.25. The highest BCUT2D eigenvalue weighted by Gasteiger charge is 2.08. The number of anilines is 1. The van der Waals surface area contributed by atoms with Crippen LogP contribution < -0.4 is 5.32 Å². The van der Waals surface area contributed by atoms with Gasteiger partial charge in [-0.2, -0.15) is 0 Å². The van der Waals surface area contributed by atoms with E-state index in [1.165, 1.54) is 0 Å². The monoisotopic (exact) mass is 341 g/mol. The maximum Gasteiger partial charge on any atom is 0.338 e. The molecule has 0 bridgehead atoms. The largest absolute Gasteiger partial charge is 0.462 e. The van der Waals surface area contributed by atoms with Crippen LogP contribution in [0.5, 0.6) is 0 Å². The smallest absolute Gasteiger partial charge is 0.338 e. The Kier molecular flexibility index (Phi) is 7.16. The molecule has 5 heteroatoms. The first-order valence-electron chi connectivity index (χ1n) is 8.29. The van der Waals surface area contributed by atoms with E-state index in [2.05, 4.69) is 5.32 Å². The van der Waals surface area contributed by atoms with Gasteiger partial charge in [-0.3, -0.25) is 4.79 Å². The Labute approximate surface area is 148 Å². The molecule has 25 heavy (non-hydrogen) atoms. The number of amides is 1. The molecule has 0 fully saturated rings. The van der Waals surface area contributed by atoms with Gasteiger partial charge in [0.2, 0.25) is 5.91 Å². The van der Waals surface area contributed by atoms with Crippen molar-refractivity contribution in [3.8, 4) is 0 Å². The number of carbonyl (C=O) groups is 2. The van der Waals surface area contributed by atoms with Crippen LogP contribution in [-0.2, 0) is 20.9 Å². The number of ether oxygens (including phenoxy) is 2. The lowest BCUT2D eigenvalue weighted by atomic mass is 10.1. The highest BCUT2D eigenvalue weighted by atomic mass is 16.5. The minimum Gasteiger partial charge on any atom is -0.462 e. The summed E-state index contributed by atoms with van der Waals surface area (Å²) in [5.41, 5.74) is 3.12. The topological polar surface area (TPSA) is 64.6 Å². The number of carbonyl (C=O) groups excluding carboxylic acids is 2. The molecule has 0 aliphatic rings. The van der Waals surface area contributed by atoms with E-state index in [0.717, 1.165) is 23.2 Å². The Bertz CT molecular complexity index is 727. The first-order chi connectivity index (χ1) is 12.1. The van der Waals surface area contributed by atoms with Crippen molar-refractivity contribution < 1.29 is 19.1 Å². The summed E-state index contributed by atoms with van der Waals surface area (Å²) in [6, 6.07) is 14.6. The number of hydrogen-bond acceptors (Lipinski definition) is 4. The van der Waals surface area contributed by atoms with Gasteiger partial charge in [0.15, 0.2) is 0 Å². The minimum atomic E-state index is -0.346. The Morgan fingerprint density at radius 1 is 1.08 bits per heavy atom. The molecule has 0 spiro atoms. The second-order valence-electron chi connectivity index (χ2n) is 5.75. The summed E-state index contributed by atoms with van der Waals surface area (Å²) in [6.45, 7) is 4.50. The van der Waals surface area contributed by atoms with Gasteiger partial charge < -0.3 is 14.8 Å². The van der Waals surface area contributed by atoms with Crippen molar-refractivity contribution in [1.29, 1.82) is 0 Å². The van der Waals surface area contributed by atoms with E-state index in [-0.39, 0.29) is 25.1 Å². The highest BCUT2D eigenvalue weighted by Crippen LogP contribution is 2.10. The predicted octanol–water partition coefficient (Wildman–Crippen LogP) is 3.72. The molecule has 0 heterocycles. The Morgan fingerprint density at radius 2 is 1.88 bits per heavy atom. The van der Waals surface area contributed by atoms with Crippen molar-refractivity contribution in [2.45, 2.75) is 26.9 Å². The normalized spacial score (nSPS) is 10.3. The van der Waals surface area contributed by atoms with Crippen LogP contribution >= 0.6 is 0 Å². The molecular formula is C20H23NO4. The van der Waals surface area contributed by atoms with Gasteiger partial charge in [0.25, 0.3) is 0 Å². The molecule has 0 aliphatic carbocycles. The second kappa shape index (κ2) is 9.59. The molecule has 0 saturated carbocycles. The molecule has 0 atom stereocenters. The van der Waals surface area contributed by atoms with Crippen molar-refractivity contribution in [1.82, 2.24) is 0 Å². The maximum absolute atomic E-state index is 11.9. The number of esters is 1. The van der Waals surface area contributed by atoms with E-state index >= 15 is 0 Å². The highest BCUT2D eigenvalue weighted by molar-refractivity contribution is 5.91. The van der Waals surface area contributed by atoms with E-state index in [0.29, 0.717) is 12.2 Å². The SMILES string of the molecule is CCCOC(=O)c1cccc(COCC(=O)Nc2cccc(C)c2)c1. The zero-order valence-corrected chi connectivity index (χ0v) is 14.6. The van der Waals surface area contributed by atoms with Gasteiger partial charge in [-0.25, -0.2) is 4.79 Å². The van der Waals surface area contributed by atoms with Crippen molar-refractivity contribution >= 4 is 17.6 Å². The average molecular weight is 341 g/mol. The fourth-order valence-corrected chi connectivity index (χ4v) is 2.25. The lowest BCUT2D eigenvalue weighted by molar-refractivity contribution is -0.121. The molecule has 2 rings (SSSR count). The maximum atomic E-state index is 11.9. The van der Waals surface area contributed by atoms with Crippen LogP contribution in [0.3, 0.4) is 0 Å². The lowest BCUT2D eigenvalue weighted by Gasteiger charge is -2.08. The summed E-state index contributed by atoms with van der Waals surface area (Å²) in [7, 11) is 0. The van der Waals surface area contributed by atoms with Crippen LogP contribution in [0.15, 0.2) is 48.5 Å². The zero-order valence-electron chi connectivity index (χ0n) is 14.6. The Morgan fingerprint density at radius 3 is 2.64 bits per heavy atom. The summed E-state index contributed by atoms with van der Waals surface area (Å²) in [5, 5.41) is 2.78. The van der Waals surface area contributed by atoms with Crippen LogP contribution in [-0.4, -0.2) is 25.1 Å². The molecule has 0 unspecified atom stereocenters. The third kappa shape index (κ3) is 6.39. The van der Waals surface area contributed by atoms with E-state index in [1.807, 2.05) is 44.2 Å². The standard InChI is InChI=1S/C20H23NO4/c1-3-10-25-20(23)17-8-5-7-16(12-17)13-24-14-19(22)21-18-9-4-6-15(2)11-18/h4-9,11-12H,3,10,13-14H2,1-2H3,(H,21,22). The van der Waals surface area contributed by atoms with Crippen molar-refractivity contribution in [2.24, 2.45) is 0 Å². The zero-order chi connectivity index (χ0) is 18.1.